The first kappa shape index (κ1) is 34.7. The van der Waals surface area contributed by atoms with Gasteiger partial charge in [0.2, 0.25) is 8.32 Å². The van der Waals surface area contributed by atoms with E-state index in [4.69, 9.17) is 17.7 Å². The van der Waals surface area contributed by atoms with Gasteiger partial charge < -0.3 is 27.7 Å². The highest BCUT2D eigenvalue weighted by Gasteiger charge is 2.48. The second-order valence-corrected chi connectivity index (χ2v) is 19.2. The van der Waals surface area contributed by atoms with Gasteiger partial charge in [0, 0.05) is 33.9 Å². The molecular formula is C26H57NO6Si2. The number of carbonyl (C=O) groups is 1. The number of aliphatic carboxylic acids is 1. The number of rotatable bonds is 22. The van der Waals surface area contributed by atoms with E-state index in [-0.39, 0.29) is 0 Å². The fourth-order valence-corrected chi connectivity index (χ4v) is 12.7. The van der Waals surface area contributed by atoms with Crippen molar-refractivity contribution in [1.82, 2.24) is 4.90 Å². The van der Waals surface area contributed by atoms with E-state index in [9.17, 15) is 9.90 Å². The molecule has 0 aromatic carbocycles. The second-order valence-electron chi connectivity index (χ2n) is 10.7. The third-order valence-corrected chi connectivity index (χ3v) is 16.4. The van der Waals surface area contributed by atoms with Gasteiger partial charge in [-0.2, -0.15) is 0 Å². The number of hydrogen-bond donors (Lipinski definition) is 1. The third-order valence-electron chi connectivity index (χ3n) is 7.47. The molecule has 0 saturated carbocycles. The van der Waals surface area contributed by atoms with Gasteiger partial charge in [-0.05, 0) is 42.6 Å². The Morgan fingerprint density at radius 2 is 1.23 bits per heavy atom. The van der Waals surface area contributed by atoms with Crippen LogP contribution in [-0.2, 0) is 22.5 Å². The molecule has 0 spiro atoms. The average molecular weight is 536 g/mol. The molecule has 1 atom stereocenters. The Bertz CT molecular complexity index is 528. The summed E-state index contributed by atoms with van der Waals surface area (Å²) < 4.78 is 23.5. The summed E-state index contributed by atoms with van der Waals surface area (Å²) in [5, 5.41) is 10.2. The summed E-state index contributed by atoms with van der Waals surface area (Å²) in [6, 6.07) is 0.699. The minimum Gasteiger partial charge on any atom is -0.479 e. The maximum absolute atomic E-state index is 12.4. The van der Waals surface area contributed by atoms with Crippen molar-refractivity contribution < 1.29 is 27.6 Å². The first-order valence-corrected chi connectivity index (χ1v) is 17.8. The van der Waals surface area contributed by atoms with E-state index in [2.05, 4.69) is 53.4 Å². The molecule has 0 bridgehead atoms. The van der Waals surface area contributed by atoms with Crippen LogP contribution >= 0.6 is 0 Å². The summed E-state index contributed by atoms with van der Waals surface area (Å²) in [5.41, 5.74) is 1.02. The standard InChI is InChI=1S/C26H57NO6Si2/c1-11-12-13-14-15-16-18-27(19-17-20-34(30-8,31-9)32-10)21-25(26(28)29)33-35(22(2)3,23(4)5)24(6)7/h22-25H,11-21H2,1-10H3,(H,28,29). The van der Waals surface area contributed by atoms with E-state index in [1.54, 1.807) is 21.3 Å². The summed E-state index contributed by atoms with van der Waals surface area (Å²) in [6.45, 7) is 17.5. The quantitative estimate of drug-likeness (QED) is 0.124. The van der Waals surface area contributed by atoms with Crippen LogP contribution in [0.25, 0.3) is 0 Å². The molecule has 7 nitrogen and oxygen atoms in total. The van der Waals surface area contributed by atoms with Crippen molar-refractivity contribution in [3.63, 3.8) is 0 Å². The number of hydrogen-bond acceptors (Lipinski definition) is 6. The molecule has 0 aliphatic heterocycles. The lowest BCUT2D eigenvalue weighted by atomic mass is 10.1. The molecule has 210 valence electrons. The van der Waals surface area contributed by atoms with Crippen LogP contribution in [0, 0.1) is 0 Å². The van der Waals surface area contributed by atoms with Crippen LogP contribution in [0.1, 0.15) is 93.4 Å². The van der Waals surface area contributed by atoms with Crippen molar-refractivity contribution in [2.45, 2.75) is 122 Å². The zero-order valence-electron chi connectivity index (χ0n) is 24.5. The van der Waals surface area contributed by atoms with Gasteiger partial charge >= 0.3 is 14.8 Å². The highest BCUT2D eigenvalue weighted by molar-refractivity contribution is 6.77. The predicted molar refractivity (Wildman–Crippen MR) is 150 cm³/mol. The van der Waals surface area contributed by atoms with Gasteiger partial charge in [-0.1, -0.05) is 80.6 Å². The van der Waals surface area contributed by atoms with Crippen LogP contribution in [0.15, 0.2) is 0 Å². The van der Waals surface area contributed by atoms with E-state index < -0.39 is 29.2 Å². The Balaban J connectivity index is 5.51. The smallest absolute Gasteiger partial charge is 0.479 e. The van der Waals surface area contributed by atoms with Crippen LogP contribution in [0.4, 0.5) is 0 Å². The first-order valence-electron chi connectivity index (χ1n) is 13.7. The van der Waals surface area contributed by atoms with E-state index in [0.717, 1.165) is 25.9 Å². The molecule has 0 amide bonds. The number of carboxylic acid groups (broad SMARTS) is 1. The minimum atomic E-state index is -2.65. The molecule has 0 aliphatic rings. The zero-order chi connectivity index (χ0) is 27.1. The van der Waals surface area contributed by atoms with Crippen molar-refractivity contribution in [1.29, 1.82) is 0 Å². The van der Waals surface area contributed by atoms with Crippen LogP contribution in [-0.4, -0.2) is 80.2 Å². The maximum Gasteiger partial charge on any atom is 0.500 e. The Kier molecular flexibility index (Phi) is 17.9. The van der Waals surface area contributed by atoms with Crippen LogP contribution in [0.5, 0.6) is 0 Å². The van der Waals surface area contributed by atoms with Crippen molar-refractivity contribution >= 4 is 23.1 Å². The Labute approximate surface area is 218 Å². The number of nitrogens with zero attached hydrogens (tertiary/aromatic N) is 1. The maximum atomic E-state index is 12.4. The molecule has 9 heteroatoms. The Morgan fingerprint density at radius 1 is 0.771 bits per heavy atom. The molecule has 0 fully saturated rings. The molecular weight excluding hydrogens is 478 g/mol. The lowest BCUT2D eigenvalue weighted by molar-refractivity contribution is -0.146. The van der Waals surface area contributed by atoms with Crippen LogP contribution < -0.4 is 0 Å². The topological polar surface area (TPSA) is 77.5 Å². The van der Waals surface area contributed by atoms with E-state index >= 15 is 0 Å². The molecule has 0 heterocycles. The van der Waals surface area contributed by atoms with Crippen molar-refractivity contribution in [3.05, 3.63) is 0 Å². The van der Waals surface area contributed by atoms with Crippen molar-refractivity contribution in [2.24, 2.45) is 0 Å². The molecule has 1 unspecified atom stereocenters. The molecule has 1 N–H and O–H groups in total. The largest absolute Gasteiger partial charge is 0.500 e. The summed E-state index contributed by atoms with van der Waals surface area (Å²) in [6.07, 6.45) is 7.27. The van der Waals surface area contributed by atoms with E-state index in [0.29, 0.717) is 29.2 Å². The Morgan fingerprint density at radius 3 is 1.66 bits per heavy atom. The van der Waals surface area contributed by atoms with Gasteiger partial charge in [0.1, 0.15) is 0 Å². The minimum absolute atomic E-state index is 0.341. The molecule has 0 rings (SSSR count). The normalized spacial score (nSPS) is 14.0. The van der Waals surface area contributed by atoms with Crippen LogP contribution in [0.3, 0.4) is 0 Å². The van der Waals surface area contributed by atoms with Crippen molar-refractivity contribution in [2.75, 3.05) is 41.0 Å². The molecule has 0 saturated heterocycles. The summed E-state index contributed by atoms with van der Waals surface area (Å²) in [5.74, 6) is -0.855. The van der Waals surface area contributed by atoms with E-state index in [1.165, 1.54) is 32.1 Å². The molecule has 35 heavy (non-hydrogen) atoms. The number of unbranched alkanes of at least 4 members (excludes halogenated alkanes) is 5. The summed E-state index contributed by atoms with van der Waals surface area (Å²) >= 11 is 0. The lowest BCUT2D eigenvalue weighted by Gasteiger charge is -2.44. The predicted octanol–water partition coefficient (Wildman–Crippen LogP) is 6.56. The fraction of sp³-hybridized carbons (Fsp3) is 0.962. The lowest BCUT2D eigenvalue weighted by Crippen LogP contribution is -2.54. The highest BCUT2D eigenvalue weighted by Crippen LogP contribution is 2.43. The summed E-state index contributed by atoms with van der Waals surface area (Å²) in [4.78, 5) is 14.7. The van der Waals surface area contributed by atoms with E-state index in [1.807, 2.05) is 0 Å². The SMILES string of the molecule is CCCCCCCCN(CCC[Si](OC)(OC)OC)CC(O[Si](C(C)C)(C(C)C)C(C)C)C(=O)O. The first-order chi connectivity index (χ1) is 16.5. The second kappa shape index (κ2) is 18.0. The average Bonchev–Trinajstić information content (AvgIpc) is 2.80. The summed E-state index contributed by atoms with van der Waals surface area (Å²) in [7, 11) is -0.0586. The van der Waals surface area contributed by atoms with Crippen LogP contribution in [0.2, 0.25) is 22.7 Å². The van der Waals surface area contributed by atoms with Gasteiger partial charge in [0.15, 0.2) is 6.10 Å². The van der Waals surface area contributed by atoms with Gasteiger partial charge in [0.25, 0.3) is 0 Å². The van der Waals surface area contributed by atoms with Gasteiger partial charge in [0.05, 0.1) is 0 Å². The number of carboxylic acids is 1. The van der Waals surface area contributed by atoms with Gasteiger partial charge in [-0.15, -0.1) is 0 Å². The Hall–Kier alpha value is -0.296. The molecule has 0 aliphatic carbocycles. The molecule has 0 radical (unpaired) electrons. The zero-order valence-corrected chi connectivity index (χ0v) is 26.5. The third kappa shape index (κ3) is 11.3. The highest BCUT2D eigenvalue weighted by atomic mass is 28.4. The monoisotopic (exact) mass is 535 g/mol. The van der Waals surface area contributed by atoms with Crippen molar-refractivity contribution in [3.8, 4) is 0 Å². The fourth-order valence-electron chi connectivity index (χ4n) is 5.54. The molecule has 0 aromatic heterocycles. The van der Waals surface area contributed by atoms with Gasteiger partial charge in [-0.25, -0.2) is 4.79 Å². The molecule has 0 aromatic rings. The van der Waals surface area contributed by atoms with Gasteiger partial charge in [-0.3, -0.25) is 0 Å².